The number of unbranched alkanes of at least 4 members (excludes halogenated alkanes) is 4. The first-order valence-corrected chi connectivity index (χ1v) is 7.57. The Morgan fingerprint density at radius 3 is 2.11 bits per heavy atom. The first-order chi connectivity index (χ1) is 8.56. The van der Waals surface area contributed by atoms with E-state index in [9.17, 15) is 4.79 Å². The number of carbonyl (C=O) groups excluding carboxylic acids is 1. The number of carbonyl (C=O) groups is 1. The van der Waals surface area contributed by atoms with E-state index in [1.165, 1.54) is 38.6 Å². The zero-order chi connectivity index (χ0) is 13.5. The SMILES string of the molecule is CCCCCCCN1CC(C)N(C(C)=O)C(C)C1. The first-order valence-electron chi connectivity index (χ1n) is 7.57. The van der Waals surface area contributed by atoms with E-state index in [0.717, 1.165) is 13.1 Å². The fourth-order valence-electron chi connectivity index (χ4n) is 3.17. The van der Waals surface area contributed by atoms with Crippen molar-refractivity contribution in [1.82, 2.24) is 9.80 Å². The summed E-state index contributed by atoms with van der Waals surface area (Å²) in [4.78, 5) is 16.1. The van der Waals surface area contributed by atoms with Crippen molar-refractivity contribution in [1.29, 1.82) is 0 Å². The molecule has 0 radical (unpaired) electrons. The van der Waals surface area contributed by atoms with E-state index >= 15 is 0 Å². The van der Waals surface area contributed by atoms with Gasteiger partial charge in [-0.25, -0.2) is 0 Å². The van der Waals surface area contributed by atoms with Gasteiger partial charge in [0.2, 0.25) is 5.91 Å². The van der Waals surface area contributed by atoms with Gasteiger partial charge in [0.25, 0.3) is 0 Å². The van der Waals surface area contributed by atoms with E-state index < -0.39 is 0 Å². The standard InChI is InChI=1S/C15H30N2O/c1-5-6-7-8-9-10-16-11-13(2)17(15(4)18)14(3)12-16/h13-14H,5-12H2,1-4H3. The summed E-state index contributed by atoms with van der Waals surface area (Å²) < 4.78 is 0. The average molecular weight is 254 g/mol. The Balaban J connectivity index is 2.28. The largest absolute Gasteiger partial charge is 0.335 e. The lowest BCUT2D eigenvalue weighted by Crippen LogP contribution is -2.58. The molecule has 0 aromatic rings. The highest BCUT2D eigenvalue weighted by molar-refractivity contribution is 5.74. The lowest BCUT2D eigenvalue weighted by atomic mass is 10.1. The minimum absolute atomic E-state index is 0.220. The first kappa shape index (κ1) is 15.5. The molecule has 1 aliphatic rings. The molecule has 0 bridgehead atoms. The van der Waals surface area contributed by atoms with Crippen LogP contribution in [0.3, 0.4) is 0 Å². The van der Waals surface area contributed by atoms with Gasteiger partial charge in [-0.1, -0.05) is 32.6 Å². The molecule has 2 atom stereocenters. The van der Waals surface area contributed by atoms with Crippen molar-refractivity contribution < 1.29 is 4.79 Å². The van der Waals surface area contributed by atoms with Gasteiger partial charge in [0.15, 0.2) is 0 Å². The van der Waals surface area contributed by atoms with E-state index in [2.05, 4.69) is 25.7 Å². The molecule has 1 amide bonds. The van der Waals surface area contributed by atoms with Crippen molar-refractivity contribution in [3.05, 3.63) is 0 Å². The van der Waals surface area contributed by atoms with E-state index in [1.54, 1.807) is 6.92 Å². The summed E-state index contributed by atoms with van der Waals surface area (Å²) in [5, 5.41) is 0. The van der Waals surface area contributed by atoms with Crippen molar-refractivity contribution in [2.24, 2.45) is 0 Å². The second kappa shape index (κ2) is 7.78. The smallest absolute Gasteiger partial charge is 0.220 e. The molecule has 3 nitrogen and oxygen atoms in total. The molecule has 1 saturated heterocycles. The average Bonchev–Trinajstić information content (AvgIpc) is 2.27. The van der Waals surface area contributed by atoms with Crippen LogP contribution in [-0.4, -0.2) is 47.4 Å². The fraction of sp³-hybridized carbons (Fsp3) is 0.933. The quantitative estimate of drug-likeness (QED) is 0.680. The van der Waals surface area contributed by atoms with Crippen LogP contribution in [0.2, 0.25) is 0 Å². The molecule has 1 heterocycles. The lowest BCUT2D eigenvalue weighted by Gasteiger charge is -2.44. The molecule has 1 fully saturated rings. The summed E-state index contributed by atoms with van der Waals surface area (Å²) in [5.74, 6) is 0.220. The third-order valence-electron chi connectivity index (χ3n) is 3.94. The van der Waals surface area contributed by atoms with Gasteiger partial charge in [-0.15, -0.1) is 0 Å². The van der Waals surface area contributed by atoms with Gasteiger partial charge < -0.3 is 4.90 Å². The van der Waals surface area contributed by atoms with Crippen LogP contribution in [0.1, 0.15) is 59.8 Å². The van der Waals surface area contributed by atoms with Crippen LogP contribution >= 0.6 is 0 Å². The number of nitrogens with zero attached hydrogens (tertiary/aromatic N) is 2. The van der Waals surface area contributed by atoms with Crippen molar-refractivity contribution in [3.63, 3.8) is 0 Å². The zero-order valence-corrected chi connectivity index (χ0v) is 12.6. The third-order valence-corrected chi connectivity index (χ3v) is 3.94. The number of amides is 1. The number of hydrogen-bond donors (Lipinski definition) is 0. The van der Waals surface area contributed by atoms with Crippen LogP contribution in [0.25, 0.3) is 0 Å². The summed E-state index contributed by atoms with van der Waals surface area (Å²) in [6.45, 7) is 11.6. The molecule has 1 rings (SSSR count). The highest BCUT2D eigenvalue weighted by Crippen LogP contribution is 2.16. The zero-order valence-electron chi connectivity index (χ0n) is 12.6. The van der Waals surface area contributed by atoms with Gasteiger partial charge in [0.1, 0.15) is 0 Å². The van der Waals surface area contributed by atoms with E-state index in [1.807, 2.05) is 4.90 Å². The maximum atomic E-state index is 11.6. The molecule has 0 aromatic heterocycles. The third kappa shape index (κ3) is 4.60. The van der Waals surface area contributed by atoms with Gasteiger partial charge in [0, 0.05) is 32.1 Å². The summed E-state index contributed by atoms with van der Waals surface area (Å²) in [6, 6.07) is 0.726. The Bertz CT molecular complexity index is 243. The molecular weight excluding hydrogens is 224 g/mol. The molecule has 106 valence electrons. The number of piperazine rings is 1. The lowest BCUT2D eigenvalue weighted by molar-refractivity contribution is -0.136. The summed E-state index contributed by atoms with van der Waals surface area (Å²) in [5.41, 5.74) is 0. The summed E-state index contributed by atoms with van der Waals surface area (Å²) in [6.07, 6.45) is 6.70. The molecule has 2 unspecified atom stereocenters. The van der Waals surface area contributed by atoms with Crippen LogP contribution in [0, 0.1) is 0 Å². The molecule has 0 spiro atoms. The highest BCUT2D eigenvalue weighted by atomic mass is 16.2. The van der Waals surface area contributed by atoms with Crippen LogP contribution in [0.4, 0.5) is 0 Å². The molecule has 0 saturated carbocycles. The fourth-order valence-corrected chi connectivity index (χ4v) is 3.17. The van der Waals surface area contributed by atoms with Gasteiger partial charge in [-0.3, -0.25) is 9.69 Å². The second-order valence-corrected chi connectivity index (χ2v) is 5.80. The maximum absolute atomic E-state index is 11.6. The predicted molar refractivity (Wildman–Crippen MR) is 76.6 cm³/mol. The van der Waals surface area contributed by atoms with Gasteiger partial charge >= 0.3 is 0 Å². The Labute approximate surface area is 113 Å². The molecule has 1 aliphatic heterocycles. The van der Waals surface area contributed by atoms with Crippen molar-refractivity contribution >= 4 is 5.91 Å². The summed E-state index contributed by atoms with van der Waals surface area (Å²) >= 11 is 0. The van der Waals surface area contributed by atoms with Gasteiger partial charge in [-0.2, -0.15) is 0 Å². The minimum Gasteiger partial charge on any atom is -0.335 e. The molecule has 0 N–H and O–H groups in total. The Kier molecular flexibility index (Phi) is 6.69. The number of hydrogen-bond acceptors (Lipinski definition) is 2. The van der Waals surface area contributed by atoms with Gasteiger partial charge in [0.05, 0.1) is 0 Å². The Morgan fingerprint density at radius 1 is 1.06 bits per heavy atom. The normalized spacial score (nSPS) is 25.4. The highest BCUT2D eigenvalue weighted by Gasteiger charge is 2.30. The molecule has 3 heteroatoms. The molecule has 18 heavy (non-hydrogen) atoms. The maximum Gasteiger partial charge on any atom is 0.220 e. The monoisotopic (exact) mass is 254 g/mol. The van der Waals surface area contributed by atoms with Crippen molar-refractivity contribution in [2.45, 2.75) is 71.9 Å². The minimum atomic E-state index is 0.220. The van der Waals surface area contributed by atoms with Crippen LogP contribution in [-0.2, 0) is 4.79 Å². The van der Waals surface area contributed by atoms with Crippen molar-refractivity contribution in [3.8, 4) is 0 Å². The predicted octanol–water partition coefficient (Wildman–Crippen LogP) is 2.90. The number of rotatable bonds is 6. The van der Waals surface area contributed by atoms with Crippen LogP contribution < -0.4 is 0 Å². The molecule has 0 aliphatic carbocycles. The summed E-state index contributed by atoms with van der Waals surface area (Å²) in [7, 11) is 0. The van der Waals surface area contributed by atoms with Crippen molar-refractivity contribution in [2.75, 3.05) is 19.6 Å². The Morgan fingerprint density at radius 2 is 1.61 bits per heavy atom. The van der Waals surface area contributed by atoms with E-state index in [4.69, 9.17) is 0 Å². The van der Waals surface area contributed by atoms with E-state index in [-0.39, 0.29) is 5.91 Å². The van der Waals surface area contributed by atoms with E-state index in [0.29, 0.717) is 12.1 Å². The van der Waals surface area contributed by atoms with Crippen LogP contribution in [0.15, 0.2) is 0 Å². The molecular formula is C15H30N2O. The van der Waals surface area contributed by atoms with Gasteiger partial charge in [-0.05, 0) is 26.8 Å². The molecule has 0 aromatic carbocycles. The van der Waals surface area contributed by atoms with Crippen LogP contribution in [0.5, 0.6) is 0 Å². The second-order valence-electron chi connectivity index (χ2n) is 5.80. The Hall–Kier alpha value is -0.570. The topological polar surface area (TPSA) is 23.6 Å².